The average Bonchev–Trinajstić information content (AvgIpc) is 3.06. The number of hydrogen-bond acceptors (Lipinski definition) is 3. The van der Waals surface area contributed by atoms with E-state index in [0.717, 1.165) is 43.5 Å². The fourth-order valence-corrected chi connectivity index (χ4v) is 3.83. The SMILES string of the molecule is O=C(c1cnn(-c2cccc(Cl)c2)c1)N1CCCCCC1c1ccncc1. The van der Waals surface area contributed by atoms with Crippen LogP contribution in [0.5, 0.6) is 0 Å². The zero-order chi connectivity index (χ0) is 18.6. The highest BCUT2D eigenvalue weighted by Crippen LogP contribution is 2.31. The maximum Gasteiger partial charge on any atom is 0.257 e. The van der Waals surface area contributed by atoms with Crippen molar-refractivity contribution < 1.29 is 4.79 Å². The van der Waals surface area contributed by atoms with Crippen molar-refractivity contribution in [1.82, 2.24) is 19.7 Å². The molecule has 138 valence electrons. The summed E-state index contributed by atoms with van der Waals surface area (Å²) in [4.78, 5) is 19.4. The third kappa shape index (κ3) is 3.88. The summed E-state index contributed by atoms with van der Waals surface area (Å²) < 4.78 is 1.69. The van der Waals surface area contributed by atoms with E-state index >= 15 is 0 Å². The molecule has 27 heavy (non-hydrogen) atoms. The summed E-state index contributed by atoms with van der Waals surface area (Å²) in [6.45, 7) is 0.758. The number of pyridine rings is 1. The number of carbonyl (C=O) groups is 1. The lowest BCUT2D eigenvalue weighted by molar-refractivity contribution is 0.0681. The summed E-state index contributed by atoms with van der Waals surface area (Å²) >= 11 is 6.07. The van der Waals surface area contributed by atoms with Crippen LogP contribution in [0.1, 0.15) is 47.6 Å². The van der Waals surface area contributed by atoms with E-state index in [4.69, 9.17) is 11.6 Å². The maximum atomic E-state index is 13.3. The topological polar surface area (TPSA) is 51.0 Å². The van der Waals surface area contributed by atoms with E-state index in [1.165, 1.54) is 0 Å². The molecule has 6 heteroatoms. The molecule has 1 aliphatic heterocycles. The van der Waals surface area contributed by atoms with Crippen LogP contribution in [0.15, 0.2) is 61.2 Å². The lowest BCUT2D eigenvalue weighted by Crippen LogP contribution is -2.34. The van der Waals surface area contributed by atoms with E-state index in [-0.39, 0.29) is 11.9 Å². The minimum absolute atomic E-state index is 0.0204. The van der Waals surface area contributed by atoms with Crippen LogP contribution in [0.4, 0.5) is 0 Å². The number of aromatic nitrogens is 3. The maximum absolute atomic E-state index is 13.3. The minimum atomic E-state index is 0.0204. The van der Waals surface area contributed by atoms with Crippen molar-refractivity contribution >= 4 is 17.5 Å². The standard InChI is InChI=1S/C21H21ClN4O/c22-18-5-4-6-19(13-18)26-15-17(14-24-26)21(27)25-12-3-1-2-7-20(25)16-8-10-23-11-9-16/h4-6,8-11,13-15,20H,1-3,7,12H2. The quantitative estimate of drug-likeness (QED) is 0.663. The number of likely N-dealkylation sites (tertiary alicyclic amines) is 1. The summed E-state index contributed by atoms with van der Waals surface area (Å²) in [6.07, 6.45) is 11.3. The summed E-state index contributed by atoms with van der Waals surface area (Å²) in [6, 6.07) is 11.5. The first-order chi connectivity index (χ1) is 13.2. The van der Waals surface area contributed by atoms with Gasteiger partial charge in [-0.05, 0) is 48.7 Å². The molecule has 1 unspecified atom stereocenters. The van der Waals surface area contributed by atoms with Crippen LogP contribution < -0.4 is 0 Å². The van der Waals surface area contributed by atoms with Crippen LogP contribution in [0, 0.1) is 0 Å². The van der Waals surface area contributed by atoms with Crippen LogP contribution in [-0.4, -0.2) is 32.1 Å². The number of carbonyl (C=O) groups excluding carboxylic acids is 1. The van der Waals surface area contributed by atoms with Crippen molar-refractivity contribution in [3.8, 4) is 5.69 Å². The molecule has 0 N–H and O–H groups in total. The molecule has 0 spiro atoms. The van der Waals surface area contributed by atoms with Gasteiger partial charge in [0.25, 0.3) is 5.91 Å². The van der Waals surface area contributed by atoms with Crippen molar-refractivity contribution in [3.05, 3.63) is 77.3 Å². The average molecular weight is 381 g/mol. The van der Waals surface area contributed by atoms with E-state index in [2.05, 4.69) is 10.1 Å². The van der Waals surface area contributed by atoms with Crippen LogP contribution >= 0.6 is 11.6 Å². The number of hydrogen-bond donors (Lipinski definition) is 0. The van der Waals surface area contributed by atoms with Gasteiger partial charge in [-0.2, -0.15) is 5.10 Å². The highest BCUT2D eigenvalue weighted by Gasteiger charge is 2.28. The first-order valence-corrected chi connectivity index (χ1v) is 9.62. The van der Waals surface area contributed by atoms with Gasteiger partial charge in [-0.15, -0.1) is 0 Å². The second kappa shape index (κ2) is 7.92. The van der Waals surface area contributed by atoms with E-state index < -0.39 is 0 Å². The monoisotopic (exact) mass is 380 g/mol. The Labute approximate surface area is 163 Å². The van der Waals surface area contributed by atoms with Gasteiger partial charge in [-0.3, -0.25) is 9.78 Å². The number of rotatable bonds is 3. The molecule has 0 saturated carbocycles. The Kier molecular flexibility index (Phi) is 5.21. The Bertz CT molecular complexity index is 925. The molecule has 1 aromatic carbocycles. The number of halogens is 1. The first-order valence-electron chi connectivity index (χ1n) is 9.24. The van der Waals surface area contributed by atoms with Gasteiger partial charge in [-0.25, -0.2) is 4.68 Å². The molecular formula is C21H21ClN4O. The first kappa shape index (κ1) is 17.7. The molecule has 0 radical (unpaired) electrons. The molecular weight excluding hydrogens is 360 g/mol. The highest BCUT2D eigenvalue weighted by atomic mass is 35.5. The molecule has 2 aromatic heterocycles. The van der Waals surface area contributed by atoms with Gasteiger partial charge in [-0.1, -0.05) is 30.5 Å². The molecule has 1 aliphatic rings. The van der Waals surface area contributed by atoms with Gasteiger partial charge in [0.2, 0.25) is 0 Å². The third-order valence-electron chi connectivity index (χ3n) is 5.01. The van der Waals surface area contributed by atoms with Gasteiger partial charge in [0.05, 0.1) is 23.5 Å². The van der Waals surface area contributed by atoms with E-state index in [0.29, 0.717) is 10.6 Å². The smallest absolute Gasteiger partial charge is 0.257 e. The molecule has 3 heterocycles. The van der Waals surface area contributed by atoms with Crippen molar-refractivity contribution in [2.24, 2.45) is 0 Å². The molecule has 1 atom stereocenters. The van der Waals surface area contributed by atoms with Crippen molar-refractivity contribution in [2.45, 2.75) is 31.7 Å². The van der Waals surface area contributed by atoms with Gasteiger partial charge >= 0.3 is 0 Å². The Morgan fingerprint density at radius 2 is 1.96 bits per heavy atom. The second-order valence-electron chi connectivity index (χ2n) is 6.80. The molecule has 3 aromatic rings. The molecule has 1 amide bonds. The van der Waals surface area contributed by atoms with E-state index in [9.17, 15) is 4.79 Å². The molecule has 0 bridgehead atoms. The van der Waals surface area contributed by atoms with E-state index in [1.54, 1.807) is 29.5 Å². The zero-order valence-corrected chi connectivity index (χ0v) is 15.7. The van der Waals surface area contributed by atoms with Gasteiger partial charge in [0, 0.05) is 30.2 Å². The lowest BCUT2D eigenvalue weighted by atomic mass is 10.0. The number of amides is 1. The summed E-state index contributed by atoms with van der Waals surface area (Å²) in [5, 5.41) is 5.01. The molecule has 0 aliphatic carbocycles. The van der Waals surface area contributed by atoms with Crippen molar-refractivity contribution in [1.29, 1.82) is 0 Å². The largest absolute Gasteiger partial charge is 0.332 e. The minimum Gasteiger partial charge on any atom is -0.332 e. The molecule has 4 rings (SSSR count). The van der Waals surface area contributed by atoms with Crippen molar-refractivity contribution in [2.75, 3.05) is 6.54 Å². The predicted octanol–water partition coefficient (Wildman–Crippen LogP) is 4.68. The summed E-state index contributed by atoms with van der Waals surface area (Å²) in [7, 11) is 0. The van der Waals surface area contributed by atoms with Crippen molar-refractivity contribution in [3.63, 3.8) is 0 Å². The fraction of sp³-hybridized carbons (Fsp3) is 0.286. The Morgan fingerprint density at radius 3 is 2.78 bits per heavy atom. The van der Waals surface area contributed by atoms with Crippen LogP contribution in [0.25, 0.3) is 5.69 Å². The van der Waals surface area contributed by atoms with Gasteiger partial charge in [0.1, 0.15) is 0 Å². The Hall–Kier alpha value is -2.66. The van der Waals surface area contributed by atoms with Crippen LogP contribution in [0.2, 0.25) is 5.02 Å². The normalized spacial score (nSPS) is 17.5. The van der Waals surface area contributed by atoms with Crippen LogP contribution in [-0.2, 0) is 0 Å². The highest BCUT2D eigenvalue weighted by molar-refractivity contribution is 6.30. The Morgan fingerprint density at radius 1 is 1.11 bits per heavy atom. The van der Waals surface area contributed by atoms with E-state index in [1.807, 2.05) is 41.3 Å². The fourth-order valence-electron chi connectivity index (χ4n) is 3.64. The lowest BCUT2D eigenvalue weighted by Gasteiger charge is -2.30. The Balaban J connectivity index is 1.62. The summed E-state index contributed by atoms with van der Waals surface area (Å²) in [5.41, 5.74) is 2.57. The van der Waals surface area contributed by atoms with Crippen LogP contribution in [0.3, 0.4) is 0 Å². The predicted molar refractivity (Wildman–Crippen MR) is 105 cm³/mol. The van der Waals surface area contributed by atoms with Gasteiger partial charge < -0.3 is 4.90 Å². The number of benzene rings is 1. The zero-order valence-electron chi connectivity index (χ0n) is 15.0. The number of nitrogens with zero attached hydrogens (tertiary/aromatic N) is 4. The summed E-state index contributed by atoms with van der Waals surface area (Å²) in [5.74, 6) is 0.0204. The van der Waals surface area contributed by atoms with Gasteiger partial charge in [0.15, 0.2) is 0 Å². The third-order valence-corrected chi connectivity index (χ3v) is 5.24. The molecule has 1 fully saturated rings. The second-order valence-corrected chi connectivity index (χ2v) is 7.23. The molecule has 5 nitrogen and oxygen atoms in total. The molecule has 1 saturated heterocycles.